The van der Waals surface area contributed by atoms with Crippen LogP contribution < -0.4 is 10.1 Å². The lowest BCUT2D eigenvalue weighted by atomic mass is 10.2. The molecular weight excluding hydrogens is 252 g/mol. The second-order valence-electron chi connectivity index (χ2n) is 4.47. The first-order chi connectivity index (χ1) is 8.78. The Morgan fingerprint density at radius 1 is 1.17 bits per heavy atom. The number of rotatable bonds is 4. The Bertz CT molecular complexity index is 380. The monoisotopic (exact) mass is 270 g/mol. The van der Waals surface area contributed by atoms with Gasteiger partial charge < -0.3 is 10.1 Å². The predicted octanol–water partition coefficient (Wildman–Crippen LogP) is 3.06. The van der Waals surface area contributed by atoms with Crippen LogP contribution in [0.3, 0.4) is 0 Å². The van der Waals surface area contributed by atoms with Crippen molar-refractivity contribution in [2.45, 2.75) is 51.6 Å². The molecule has 0 radical (unpaired) electrons. The summed E-state index contributed by atoms with van der Waals surface area (Å²) in [6, 6.07) is 0.331. The van der Waals surface area contributed by atoms with E-state index in [1.807, 2.05) is 6.92 Å². The van der Waals surface area contributed by atoms with Crippen molar-refractivity contribution >= 4 is 17.5 Å². The van der Waals surface area contributed by atoms with E-state index in [0.717, 1.165) is 19.4 Å². The Morgan fingerprint density at radius 2 is 1.89 bits per heavy atom. The maximum absolute atomic E-state index is 5.85. The van der Waals surface area contributed by atoms with Gasteiger partial charge in [0.15, 0.2) is 0 Å². The highest BCUT2D eigenvalue weighted by Gasteiger charge is 2.16. The number of nitrogens with one attached hydrogen (secondary N) is 1. The van der Waals surface area contributed by atoms with Crippen molar-refractivity contribution in [1.29, 1.82) is 0 Å². The highest BCUT2D eigenvalue weighted by atomic mass is 35.5. The van der Waals surface area contributed by atoms with Gasteiger partial charge in [-0.2, -0.15) is 15.0 Å². The molecule has 1 aliphatic carbocycles. The molecule has 0 aromatic carbocycles. The van der Waals surface area contributed by atoms with Crippen molar-refractivity contribution in [1.82, 2.24) is 15.0 Å². The van der Waals surface area contributed by atoms with Crippen molar-refractivity contribution in [3.63, 3.8) is 0 Å². The normalized spacial score (nSPS) is 17.2. The fourth-order valence-electron chi connectivity index (χ4n) is 2.13. The van der Waals surface area contributed by atoms with Crippen LogP contribution >= 0.6 is 11.6 Å². The summed E-state index contributed by atoms with van der Waals surface area (Å²) in [7, 11) is 0. The minimum absolute atomic E-state index is 0.171. The molecule has 1 fully saturated rings. The van der Waals surface area contributed by atoms with Gasteiger partial charge in [-0.25, -0.2) is 0 Å². The van der Waals surface area contributed by atoms with Crippen molar-refractivity contribution in [2.75, 3.05) is 11.9 Å². The van der Waals surface area contributed by atoms with Gasteiger partial charge in [0.1, 0.15) is 6.10 Å². The molecule has 1 N–H and O–H groups in total. The molecule has 1 aromatic heterocycles. The topological polar surface area (TPSA) is 59.9 Å². The Labute approximate surface area is 112 Å². The van der Waals surface area contributed by atoms with Crippen LogP contribution in [-0.2, 0) is 0 Å². The lowest BCUT2D eigenvalue weighted by Crippen LogP contribution is -2.17. The van der Waals surface area contributed by atoms with E-state index in [9.17, 15) is 0 Å². The molecule has 2 rings (SSSR count). The molecule has 1 heterocycles. The van der Waals surface area contributed by atoms with E-state index in [-0.39, 0.29) is 11.4 Å². The number of nitrogens with zero attached hydrogens (tertiary/aromatic N) is 3. The third-order valence-corrected chi connectivity index (χ3v) is 3.17. The third-order valence-electron chi connectivity index (χ3n) is 3.00. The SMILES string of the molecule is CCNc1nc(Cl)nc(OC2CCCCCC2)n1. The molecule has 1 aromatic rings. The Hall–Kier alpha value is -1.10. The molecule has 6 heteroatoms. The molecule has 0 aliphatic heterocycles. The minimum atomic E-state index is 0.171. The first-order valence-electron chi connectivity index (χ1n) is 6.60. The van der Waals surface area contributed by atoms with Gasteiger partial charge in [-0.15, -0.1) is 0 Å². The number of anilines is 1. The number of hydrogen-bond donors (Lipinski definition) is 1. The predicted molar refractivity (Wildman–Crippen MR) is 71.1 cm³/mol. The van der Waals surface area contributed by atoms with E-state index < -0.39 is 0 Å². The fraction of sp³-hybridized carbons (Fsp3) is 0.750. The van der Waals surface area contributed by atoms with Crippen LogP contribution in [0.2, 0.25) is 5.28 Å². The van der Waals surface area contributed by atoms with Gasteiger partial charge in [0.2, 0.25) is 11.2 Å². The second-order valence-corrected chi connectivity index (χ2v) is 4.81. The Kier molecular flexibility index (Phi) is 4.99. The summed E-state index contributed by atoms with van der Waals surface area (Å²) in [6.45, 7) is 2.72. The highest BCUT2D eigenvalue weighted by Crippen LogP contribution is 2.21. The Morgan fingerprint density at radius 3 is 2.56 bits per heavy atom. The van der Waals surface area contributed by atoms with Gasteiger partial charge in [-0.05, 0) is 44.2 Å². The van der Waals surface area contributed by atoms with Crippen LogP contribution in [0.15, 0.2) is 0 Å². The van der Waals surface area contributed by atoms with E-state index in [0.29, 0.717) is 12.0 Å². The fourth-order valence-corrected chi connectivity index (χ4v) is 2.28. The highest BCUT2D eigenvalue weighted by molar-refractivity contribution is 6.28. The average molecular weight is 271 g/mol. The number of halogens is 1. The molecule has 0 bridgehead atoms. The quantitative estimate of drug-likeness (QED) is 0.852. The molecule has 0 spiro atoms. The zero-order valence-corrected chi connectivity index (χ0v) is 11.4. The number of aromatic nitrogens is 3. The van der Waals surface area contributed by atoms with Crippen LogP contribution in [0.5, 0.6) is 6.01 Å². The van der Waals surface area contributed by atoms with Crippen molar-refractivity contribution < 1.29 is 4.74 Å². The van der Waals surface area contributed by atoms with Gasteiger partial charge in [0, 0.05) is 6.54 Å². The van der Waals surface area contributed by atoms with Gasteiger partial charge in [0.05, 0.1) is 0 Å². The summed E-state index contributed by atoms with van der Waals surface area (Å²) in [5.41, 5.74) is 0. The van der Waals surface area contributed by atoms with E-state index in [1.165, 1.54) is 25.7 Å². The van der Waals surface area contributed by atoms with Crippen molar-refractivity contribution in [2.24, 2.45) is 0 Å². The molecule has 18 heavy (non-hydrogen) atoms. The molecule has 1 saturated carbocycles. The Balaban J connectivity index is 2.02. The molecule has 0 atom stereocenters. The van der Waals surface area contributed by atoms with Gasteiger partial charge >= 0.3 is 6.01 Å². The molecule has 5 nitrogen and oxygen atoms in total. The lowest BCUT2D eigenvalue weighted by Gasteiger charge is -2.15. The minimum Gasteiger partial charge on any atom is -0.460 e. The first kappa shape index (κ1) is 13.3. The summed E-state index contributed by atoms with van der Waals surface area (Å²) in [4.78, 5) is 12.2. The van der Waals surface area contributed by atoms with Gasteiger partial charge in [-0.1, -0.05) is 12.8 Å². The number of hydrogen-bond acceptors (Lipinski definition) is 5. The standard InChI is InChI=1S/C12H19ClN4O/c1-2-14-11-15-10(13)16-12(17-11)18-9-7-5-3-4-6-8-9/h9H,2-8H2,1H3,(H,14,15,16,17). The molecule has 1 aliphatic rings. The molecule has 0 saturated heterocycles. The van der Waals surface area contributed by atoms with Crippen LogP contribution in [0.1, 0.15) is 45.4 Å². The van der Waals surface area contributed by atoms with Crippen LogP contribution in [0.25, 0.3) is 0 Å². The van der Waals surface area contributed by atoms with Crippen molar-refractivity contribution in [3.05, 3.63) is 5.28 Å². The summed E-state index contributed by atoms with van der Waals surface area (Å²) in [6.07, 6.45) is 7.36. The molecule has 0 amide bonds. The molecular formula is C12H19ClN4O. The summed E-state index contributed by atoms with van der Waals surface area (Å²) < 4.78 is 5.82. The molecule has 100 valence electrons. The first-order valence-corrected chi connectivity index (χ1v) is 6.98. The van der Waals surface area contributed by atoms with Crippen LogP contribution in [0.4, 0.5) is 5.95 Å². The lowest BCUT2D eigenvalue weighted by molar-refractivity contribution is 0.168. The average Bonchev–Trinajstić information content (AvgIpc) is 2.57. The maximum atomic E-state index is 5.85. The van der Waals surface area contributed by atoms with Crippen LogP contribution in [0, 0.1) is 0 Å². The number of ether oxygens (including phenoxy) is 1. The second kappa shape index (κ2) is 6.73. The summed E-state index contributed by atoms with van der Waals surface area (Å²) in [5, 5.41) is 3.18. The van der Waals surface area contributed by atoms with Gasteiger partial charge in [0.25, 0.3) is 0 Å². The maximum Gasteiger partial charge on any atom is 0.322 e. The summed E-state index contributed by atoms with van der Waals surface area (Å²) >= 11 is 5.85. The zero-order chi connectivity index (χ0) is 12.8. The van der Waals surface area contributed by atoms with E-state index in [2.05, 4.69) is 20.3 Å². The zero-order valence-electron chi connectivity index (χ0n) is 10.7. The largest absolute Gasteiger partial charge is 0.460 e. The van der Waals surface area contributed by atoms with E-state index >= 15 is 0 Å². The summed E-state index contributed by atoms with van der Waals surface area (Å²) in [5.74, 6) is 0.473. The molecule has 0 unspecified atom stereocenters. The van der Waals surface area contributed by atoms with Crippen LogP contribution in [-0.4, -0.2) is 27.6 Å². The third kappa shape index (κ3) is 3.98. The van der Waals surface area contributed by atoms with Gasteiger partial charge in [-0.3, -0.25) is 0 Å². The van der Waals surface area contributed by atoms with Crippen molar-refractivity contribution in [3.8, 4) is 6.01 Å². The van der Waals surface area contributed by atoms with E-state index in [1.54, 1.807) is 0 Å². The van der Waals surface area contributed by atoms with E-state index in [4.69, 9.17) is 16.3 Å². The smallest absolute Gasteiger partial charge is 0.322 e.